The van der Waals surface area contributed by atoms with Gasteiger partial charge in [0.15, 0.2) is 0 Å². The lowest BCUT2D eigenvalue weighted by Gasteiger charge is -2.34. The molecule has 3 amide bonds. The number of benzene rings is 1. The lowest BCUT2D eigenvalue weighted by atomic mass is 9.74. The largest absolute Gasteiger partial charge is 0.497 e. The zero-order valence-corrected chi connectivity index (χ0v) is 22.5. The van der Waals surface area contributed by atoms with Crippen LogP contribution in [0.1, 0.15) is 31.2 Å². The summed E-state index contributed by atoms with van der Waals surface area (Å²) in [6, 6.07) is 8.12. The number of carbonyl (C=O) groups excluding carboxylic acids is 2. The van der Waals surface area contributed by atoms with Gasteiger partial charge in [0, 0.05) is 37.8 Å². The second-order valence-electron chi connectivity index (χ2n) is 11.5. The average Bonchev–Trinajstić information content (AvgIpc) is 3.33. The van der Waals surface area contributed by atoms with Crippen molar-refractivity contribution in [2.24, 2.45) is 17.8 Å². The molecule has 2 saturated heterocycles. The van der Waals surface area contributed by atoms with E-state index in [0.717, 1.165) is 54.1 Å². The second kappa shape index (κ2) is 8.99. The van der Waals surface area contributed by atoms with Crippen molar-refractivity contribution in [3.63, 3.8) is 0 Å². The molecule has 2 aliphatic carbocycles. The molecule has 39 heavy (non-hydrogen) atoms. The highest BCUT2D eigenvalue weighted by atomic mass is 16.5. The Kier molecular flexibility index (Phi) is 5.64. The van der Waals surface area contributed by atoms with E-state index in [2.05, 4.69) is 26.5 Å². The molecule has 1 aromatic heterocycles. The molecule has 6 atom stereocenters. The second-order valence-corrected chi connectivity index (χ2v) is 11.5. The number of urea groups is 1. The van der Waals surface area contributed by atoms with E-state index in [0.29, 0.717) is 42.8 Å². The predicted molar refractivity (Wildman–Crippen MR) is 146 cm³/mol. The molecular formula is C28H35N7O4. The van der Waals surface area contributed by atoms with Gasteiger partial charge in [-0.3, -0.25) is 15.1 Å². The fraction of sp³-hybridized carbons (Fsp3) is 0.536. The van der Waals surface area contributed by atoms with E-state index < -0.39 is 5.41 Å². The number of rotatable bonds is 6. The molecule has 4 fully saturated rings. The van der Waals surface area contributed by atoms with Gasteiger partial charge in [0.05, 0.1) is 37.7 Å². The molecule has 11 nitrogen and oxygen atoms in total. The van der Waals surface area contributed by atoms with Crippen molar-refractivity contribution >= 4 is 29.0 Å². The number of ether oxygens (including phenoxy) is 2. The first kappa shape index (κ1) is 24.5. The summed E-state index contributed by atoms with van der Waals surface area (Å²) >= 11 is 0. The van der Waals surface area contributed by atoms with Gasteiger partial charge in [0.2, 0.25) is 11.8 Å². The Hall–Kier alpha value is -3.57. The van der Waals surface area contributed by atoms with Gasteiger partial charge < -0.3 is 25.0 Å². The van der Waals surface area contributed by atoms with E-state index in [9.17, 15) is 9.59 Å². The zero-order valence-electron chi connectivity index (χ0n) is 22.5. The van der Waals surface area contributed by atoms with E-state index in [-0.39, 0.29) is 18.1 Å². The van der Waals surface area contributed by atoms with Crippen molar-refractivity contribution in [2.45, 2.75) is 43.3 Å². The third-order valence-electron chi connectivity index (χ3n) is 9.61. The predicted octanol–water partition coefficient (Wildman–Crippen LogP) is 2.51. The Labute approximate surface area is 227 Å². The number of pyridine rings is 1. The number of anilines is 3. The van der Waals surface area contributed by atoms with Crippen LogP contribution in [-0.4, -0.2) is 68.4 Å². The molecule has 5 aliphatic rings. The molecule has 7 rings (SSSR count). The first-order valence-corrected chi connectivity index (χ1v) is 13.8. The minimum absolute atomic E-state index is 0.00761. The fourth-order valence-electron chi connectivity index (χ4n) is 7.43. The molecule has 2 saturated carbocycles. The topological polar surface area (TPSA) is 120 Å². The Morgan fingerprint density at radius 2 is 1.97 bits per heavy atom. The SMILES string of the molecule is COc1ccc2c(c1)[C@]1(C[C@H]1C1CCC3C(C1)NNC3Nc1cc(N3CCN(C)C3=O)cnc1OC)C(=O)N2. The molecule has 4 unspecified atom stereocenters. The third kappa shape index (κ3) is 3.74. The summed E-state index contributed by atoms with van der Waals surface area (Å²) in [5.74, 6) is 2.62. The Balaban J connectivity index is 1.05. The van der Waals surface area contributed by atoms with Gasteiger partial charge in [0.1, 0.15) is 11.4 Å². The number of hydrogen-bond donors (Lipinski definition) is 4. The van der Waals surface area contributed by atoms with Crippen LogP contribution in [0.15, 0.2) is 30.5 Å². The van der Waals surface area contributed by atoms with E-state index >= 15 is 0 Å². The molecule has 4 heterocycles. The van der Waals surface area contributed by atoms with E-state index in [1.54, 1.807) is 37.3 Å². The number of hydrazine groups is 1. The van der Waals surface area contributed by atoms with Crippen molar-refractivity contribution in [1.82, 2.24) is 20.7 Å². The molecule has 2 aromatic rings. The summed E-state index contributed by atoms with van der Waals surface area (Å²) in [4.78, 5) is 33.6. The molecule has 0 bridgehead atoms. The average molecular weight is 534 g/mol. The molecular weight excluding hydrogens is 498 g/mol. The van der Waals surface area contributed by atoms with Crippen LogP contribution in [0.2, 0.25) is 0 Å². The lowest BCUT2D eigenvalue weighted by molar-refractivity contribution is -0.118. The zero-order chi connectivity index (χ0) is 26.9. The van der Waals surface area contributed by atoms with Crippen LogP contribution >= 0.6 is 0 Å². The van der Waals surface area contributed by atoms with Crippen LogP contribution in [0, 0.1) is 17.8 Å². The molecule has 1 spiro atoms. The van der Waals surface area contributed by atoms with Crippen molar-refractivity contribution in [3.8, 4) is 11.6 Å². The standard InChI is InChI=1S/C28H35N7O4/c1-34-8-9-35(27(34)37)16-11-23(25(39-3)29-14-16)30-24-18-6-4-15(10-22(18)32-33-24)20-13-28(20)19-12-17(38-2)5-7-21(19)31-26(28)36/h5,7,11-12,14-15,18,20,22,24,30,32-33H,4,6,8-10,13H2,1-3H3,(H,31,36)/t15?,18?,20-,22?,24?,28-/m0/s1. The van der Waals surface area contributed by atoms with Crippen molar-refractivity contribution < 1.29 is 19.1 Å². The quantitative estimate of drug-likeness (QED) is 0.447. The molecule has 11 heteroatoms. The Morgan fingerprint density at radius 1 is 1.10 bits per heavy atom. The van der Waals surface area contributed by atoms with Crippen molar-refractivity contribution in [3.05, 3.63) is 36.0 Å². The van der Waals surface area contributed by atoms with Gasteiger partial charge >= 0.3 is 6.03 Å². The van der Waals surface area contributed by atoms with Gasteiger partial charge in [-0.15, -0.1) is 0 Å². The monoisotopic (exact) mass is 533 g/mol. The molecule has 4 N–H and O–H groups in total. The summed E-state index contributed by atoms with van der Waals surface area (Å²) in [5.41, 5.74) is 10.1. The maximum absolute atomic E-state index is 13.1. The summed E-state index contributed by atoms with van der Waals surface area (Å²) in [6.07, 6.45) is 5.71. The number of likely N-dealkylation sites (N-methyl/N-ethyl adjacent to an activating group) is 1. The van der Waals surface area contributed by atoms with Crippen LogP contribution in [0.3, 0.4) is 0 Å². The smallest absolute Gasteiger partial charge is 0.324 e. The number of nitrogens with zero attached hydrogens (tertiary/aromatic N) is 3. The highest BCUT2D eigenvalue weighted by Crippen LogP contribution is 2.65. The van der Waals surface area contributed by atoms with Crippen LogP contribution in [0.4, 0.5) is 21.9 Å². The highest BCUT2D eigenvalue weighted by molar-refractivity contribution is 6.09. The number of aromatic nitrogens is 1. The van der Waals surface area contributed by atoms with E-state index in [1.165, 1.54) is 0 Å². The van der Waals surface area contributed by atoms with Crippen molar-refractivity contribution in [2.75, 3.05) is 49.9 Å². The van der Waals surface area contributed by atoms with Gasteiger partial charge in [-0.1, -0.05) is 0 Å². The normalized spacial score (nSPS) is 32.7. The van der Waals surface area contributed by atoms with Gasteiger partial charge in [0.25, 0.3) is 0 Å². The van der Waals surface area contributed by atoms with Gasteiger partial charge in [-0.25, -0.2) is 15.2 Å². The summed E-state index contributed by atoms with van der Waals surface area (Å²) in [5, 5.41) is 6.71. The van der Waals surface area contributed by atoms with Crippen LogP contribution in [0.5, 0.6) is 11.6 Å². The number of carbonyl (C=O) groups is 2. The number of hydrogen-bond acceptors (Lipinski definition) is 8. The molecule has 1 aromatic carbocycles. The van der Waals surface area contributed by atoms with Crippen LogP contribution in [-0.2, 0) is 10.2 Å². The summed E-state index contributed by atoms with van der Waals surface area (Å²) in [7, 11) is 5.08. The van der Waals surface area contributed by atoms with E-state index in [1.807, 2.05) is 24.3 Å². The lowest BCUT2D eigenvalue weighted by Crippen LogP contribution is -2.39. The molecule has 206 valence electrons. The number of amides is 3. The number of nitrogens with one attached hydrogen (secondary N) is 4. The first-order valence-electron chi connectivity index (χ1n) is 13.8. The number of methoxy groups -OCH3 is 2. The maximum Gasteiger partial charge on any atom is 0.324 e. The summed E-state index contributed by atoms with van der Waals surface area (Å²) < 4.78 is 11.0. The van der Waals surface area contributed by atoms with Gasteiger partial charge in [-0.2, -0.15) is 0 Å². The molecule has 3 aliphatic heterocycles. The Morgan fingerprint density at radius 3 is 2.74 bits per heavy atom. The van der Waals surface area contributed by atoms with Crippen LogP contribution in [0.25, 0.3) is 0 Å². The number of fused-ring (bicyclic) bond motifs is 3. The van der Waals surface area contributed by atoms with Crippen molar-refractivity contribution in [1.29, 1.82) is 0 Å². The van der Waals surface area contributed by atoms with Crippen LogP contribution < -0.4 is 35.9 Å². The molecule has 0 radical (unpaired) electrons. The third-order valence-corrected chi connectivity index (χ3v) is 9.61. The minimum Gasteiger partial charge on any atom is -0.497 e. The Bertz CT molecular complexity index is 1340. The fourth-order valence-corrected chi connectivity index (χ4v) is 7.43. The van der Waals surface area contributed by atoms with E-state index in [4.69, 9.17) is 9.47 Å². The maximum atomic E-state index is 13.1. The minimum atomic E-state index is -0.411. The van der Waals surface area contributed by atoms with Gasteiger partial charge in [-0.05, 0) is 67.3 Å². The first-order chi connectivity index (χ1) is 18.9. The highest BCUT2D eigenvalue weighted by Gasteiger charge is 2.67. The summed E-state index contributed by atoms with van der Waals surface area (Å²) in [6.45, 7) is 1.33.